The summed E-state index contributed by atoms with van der Waals surface area (Å²) in [5.74, 6) is -0.191. The van der Waals surface area contributed by atoms with Crippen molar-refractivity contribution in [1.82, 2.24) is 5.32 Å². The van der Waals surface area contributed by atoms with Crippen LogP contribution in [0.2, 0.25) is 0 Å². The maximum atomic E-state index is 12.4. The van der Waals surface area contributed by atoms with Gasteiger partial charge in [-0.1, -0.05) is 48.5 Å². The molecular formula is C20H17NO2S. The number of amides is 1. The predicted octanol–water partition coefficient (Wildman–Crippen LogP) is 4.47. The summed E-state index contributed by atoms with van der Waals surface area (Å²) in [4.78, 5) is 25.8. The van der Waals surface area contributed by atoms with Crippen LogP contribution in [0.15, 0.2) is 72.1 Å². The molecule has 1 atom stereocenters. The highest BCUT2D eigenvalue weighted by Crippen LogP contribution is 2.19. The molecule has 2 aromatic carbocycles. The summed E-state index contributed by atoms with van der Waals surface area (Å²) in [6.07, 6.45) is 0. The quantitative estimate of drug-likeness (QED) is 0.699. The molecule has 0 aliphatic heterocycles. The lowest BCUT2D eigenvalue weighted by Gasteiger charge is -2.12. The average Bonchev–Trinajstić information content (AvgIpc) is 3.17. The minimum atomic E-state index is -0.144. The topological polar surface area (TPSA) is 46.2 Å². The molecule has 0 saturated carbocycles. The number of carbonyl (C=O) groups is 2. The number of hydrogen-bond acceptors (Lipinski definition) is 3. The summed E-state index contributed by atoms with van der Waals surface area (Å²) >= 11 is 1.61. The minimum Gasteiger partial charge on any atom is -0.345 e. The lowest BCUT2D eigenvalue weighted by molar-refractivity contribution is 0.0939. The van der Waals surface area contributed by atoms with Gasteiger partial charge in [0.15, 0.2) is 5.78 Å². The summed E-state index contributed by atoms with van der Waals surface area (Å²) in [6.45, 7) is 1.96. The molecule has 0 aliphatic rings. The van der Waals surface area contributed by atoms with Gasteiger partial charge in [-0.15, -0.1) is 11.3 Å². The van der Waals surface area contributed by atoms with Gasteiger partial charge < -0.3 is 5.32 Å². The molecule has 0 spiro atoms. The SMILES string of the molecule is CC(NC(=O)c1ccc(C(=O)c2ccccc2)cc1)c1cccs1. The highest BCUT2D eigenvalue weighted by atomic mass is 32.1. The molecule has 3 rings (SSSR count). The Balaban J connectivity index is 1.70. The first-order valence-corrected chi connectivity index (χ1v) is 8.57. The monoisotopic (exact) mass is 335 g/mol. The van der Waals surface area contributed by atoms with Gasteiger partial charge in [-0.25, -0.2) is 0 Å². The van der Waals surface area contributed by atoms with E-state index in [0.717, 1.165) is 4.88 Å². The highest BCUT2D eigenvalue weighted by Gasteiger charge is 2.13. The second-order valence-corrected chi connectivity index (χ2v) is 6.46. The Hall–Kier alpha value is -2.72. The van der Waals surface area contributed by atoms with Crippen LogP contribution in [0.1, 0.15) is 44.1 Å². The zero-order valence-corrected chi connectivity index (χ0v) is 14.0. The number of ketones is 1. The van der Waals surface area contributed by atoms with Crippen molar-refractivity contribution < 1.29 is 9.59 Å². The van der Waals surface area contributed by atoms with Crippen molar-refractivity contribution in [3.05, 3.63) is 93.7 Å². The second kappa shape index (κ2) is 7.23. The Bertz CT molecular complexity index is 824. The summed E-state index contributed by atoms with van der Waals surface area (Å²) in [5, 5.41) is 4.95. The molecular weight excluding hydrogens is 318 g/mol. The van der Waals surface area contributed by atoms with E-state index < -0.39 is 0 Å². The van der Waals surface area contributed by atoms with Gasteiger partial charge in [0.25, 0.3) is 5.91 Å². The maximum Gasteiger partial charge on any atom is 0.251 e. The molecule has 0 aliphatic carbocycles. The van der Waals surface area contributed by atoms with E-state index in [4.69, 9.17) is 0 Å². The lowest BCUT2D eigenvalue weighted by Crippen LogP contribution is -2.26. The van der Waals surface area contributed by atoms with E-state index in [1.54, 1.807) is 47.7 Å². The molecule has 1 N–H and O–H groups in total. The molecule has 1 unspecified atom stereocenters. The first-order chi connectivity index (χ1) is 11.6. The molecule has 3 nitrogen and oxygen atoms in total. The van der Waals surface area contributed by atoms with Crippen molar-refractivity contribution in [3.8, 4) is 0 Å². The molecule has 1 aromatic heterocycles. The van der Waals surface area contributed by atoms with Crippen molar-refractivity contribution in [2.24, 2.45) is 0 Å². The van der Waals surface area contributed by atoms with Crippen LogP contribution in [-0.2, 0) is 0 Å². The van der Waals surface area contributed by atoms with Crippen molar-refractivity contribution in [2.75, 3.05) is 0 Å². The Kier molecular flexibility index (Phi) is 4.87. The zero-order valence-electron chi connectivity index (χ0n) is 13.2. The van der Waals surface area contributed by atoms with Gasteiger partial charge in [0.05, 0.1) is 6.04 Å². The molecule has 0 fully saturated rings. The van der Waals surface area contributed by atoms with Crippen LogP contribution in [0, 0.1) is 0 Å². The van der Waals surface area contributed by atoms with E-state index in [9.17, 15) is 9.59 Å². The van der Waals surface area contributed by atoms with E-state index in [2.05, 4.69) is 5.32 Å². The Morgan fingerprint density at radius 2 is 1.46 bits per heavy atom. The lowest BCUT2D eigenvalue weighted by atomic mass is 10.0. The molecule has 3 aromatic rings. The number of carbonyl (C=O) groups excluding carboxylic acids is 2. The van der Waals surface area contributed by atoms with Gasteiger partial charge in [-0.3, -0.25) is 9.59 Å². The predicted molar refractivity (Wildman–Crippen MR) is 96.5 cm³/mol. The standard InChI is InChI=1S/C20H17NO2S/c1-14(18-8-5-13-24-18)21-20(23)17-11-9-16(10-12-17)19(22)15-6-3-2-4-7-15/h2-14H,1H3,(H,21,23). The summed E-state index contributed by atoms with van der Waals surface area (Å²) in [6, 6.07) is 19.8. The molecule has 4 heteroatoms. The number of hydrogen-bond donors (Lipinski definition) is 1. The smallest absolute Gasteiger partial charge is 0.251 e. The zero-order chi connectivity index (χ0) is 16.9. The maximum absolute atomic E-state index is 12.4. The molecule has 1 amide bonds. The average molecular weight is 335 g/mol. The van der Waals surface area contributed by atoms with Gasteiger partial charge in [0.2, 0.25) is 0 Å². The summed E-state index contributed by atoms with van der Waals surface area (Å²) < 4.78 is 0. The Labute approximate surface area is 145 Å². The third kappa shape index (κ3) is 3.60. The molecule has 24 heavy (non-hydrogen) atoms. The van der Waals surface area contributed by atoms with Crippen LogP contribution < -0.4 is 5.32 Å². The molecule has 0 saturated heterocycles. The normalized spacial score (nSPS) is 11.7. The third-order valence-electron chi connectivity index (χ3n) is 3.76. The fourth-order valence-electron chi connectivity index (χ4n) is 2.42. The van der Waals surface area contributed by atoms with E-state index in [1.165, 1.54) is 0 Å². The van der Waals surface area contributed by atoms with Crippen LogP contribution in [-0.4, -0.2) is 11.7 Å². The second-order valence-electron chi connectivity index (χ2n) is 5.48. The van der Waals surface area contributed by atoms with Crippen LogP contribution in [0.5, 0.6) is 0 Å². The van der Waals surface area contributed by atoms with Gasteiger partial charge >= 0.3 is 0 Å². The fraction of sp³-hybridized carbons (Fsp3) is 0.100. The third-order valence-corrected chi connectivity index (χ3v) is 4.82. The van der Waals surface area contributed by atoms with Crippen LogP contribution in [0.3, 0.4) is 0 Å². The number of benzene rings is 2. The van der Waals surface area contributed by atoms with Crippen LogP contribution in [0.25, 0.3) is 0 Å². The van der Waals surface area contributed by atoms with Crippen molar-refractivity contribution in [1.29, 1.82) is 0 Å². The van der Waals surface area contributed by atoms with Crippen molar-refractivity contribution in [2.45, 2.75) is 13.0 Å². The van der Waals surface area contributed by atoms with E-state index in [1.807, 2.05) is 42.6 Å². The number of thiophene rings is 1. The molecule has 0 radical (unpaired) electrons. The van der Waals surface area contributed by atoms with Crippen LogP contribution >= 0.6 is 11.3 Å². The first kappa shape index (κ1) is 16.1. The van der Waals surface area contributed by atoms with E-state index in [-0.39, 0.29) is 17.7 Å². The summed E-state index contributed by atoms with van der Waals surface area (Å²) in [7, 11) is 0. The largest absolute Gasteiger partial charge is 0.345 e. The fourth-order valence-corrected chi connectivity index (χ4v) is 3.15. The molecule has 120 valence electrons. The highest BCUT2D eigenvalue weighted by molar-refractivity contribution is 7.10. The molecule has 1 heterocycles. The van der Waals surface area contributed by atoms with Crippen molar-refractivity contribution in [3.63, 3.8) is 0 Å². The van der Waals surface area contributed by atoms with Gasteiger partial charge in [-0.05, 0) is 30.5 Å². The van der Waals surface area contributed by atoms with E-state index in [0.29, 0.717) is 16.7 Å². The van der Waals surface area contributed by atoms with E-state index >= 15 is 0 Å². The van der Waals surface area contributed by atoms with Gasteiger partial charge in [0.1, 0.15) is 0 Å². The first-order valence-electron chi connectivity index (χ1n) is 7.69. The van der Waals surface area contributed by atoms with Crippen LogP contribution in [0.4, 0.5) is 0 Å². The Morgan fingerprint density at radius 1 is 0.833 bits per heavy atom. The van der Waals surface area contributed by atoms with Gasteiger partial charge in [-0.2, -0.15) is 0 Å². The number of nitrogens with one attached hydrogen (secondary N) is 1. The summed E-state index contributed by atoms with van der Waals surface area (Å²) in [5.41, 5.74) is 1.76. The number of rotatable bonds is 5. The minimum absolute atomic E-state index is 0.0388. The van der Waals surface area contributed by atoms with Crippen molar-refractivity contribution >= 4 is 23.0 Å². The molecule has 0 bridgehead atoms. The van der Waals surface area contributed by atoms with Gasteiger partial charge in [0, 0.05) is 21.6 Å². The Morgan fingerprint density at radius 3 is 2.08 bits per heavy atom.